The number of hydrogen-bond donors (Lipinski definition) is 2. The third-order valence-corrected chi connectivity index (χ3v) is 3.83. The summed E-state index contributed by atoms with van der Waals surface area (Å²) in [5.41, 5.74) is 2.12. The van der Waals surface area contributed by atoms with Gasteiger partial charge >= 0.3 is 5.97 Å². The number of carbonyl (C=O) groups is 2. The lowest BCUT2D eigenvalue weighted by molar-refractivity contribution is 0.0698. The molecule has 2 aromatic carbocycles. The summed E-state index contributed by atoms with van der Waals surface area (Å²) in [6.45, 7) is 1.68. The van der Waals surface area contributed by atoms with E-state index in [1.807, 2.05) is 0 Å². The first-order chi connectivity index (χ1) is 10.5. The van der Waals surface area contributed by atoms with Gasteiger partial charge in [0.2, 0.25) is 0 Å². The van der Waals surface area contributed by atoms with Crippen LogP contribution in [0.15, 0.2) is 42.5 Å². The van der Waals surface area contributed by atoms with Gasteiger partial charge in [-0.05, 0) is 37.3 Å². The molecule has 3 rings (SSSR count). The molecule has 5 heteroatoms. The average Bonchev–Trinajstić information content (AvgIpc) is 2.83. The smallest absolute Gasteiger partial charge is 0.338 e. The van der Waals surface area contributed by atoms with E-state index < -0.39 is 5.97 Å². The Kier molecular flexibility index (Phi) is 3.47. The third-order valence-electron chi connectivity index (χ3n) is 3.58. The molecule has 0 atom stereocenters. The molecule has 1 heterocycles. The zero-order valence-electron chi connectivity index (χ0n) is 11.7. The number of nitrogens with one attached hydrogen (secondary N) is 1. The highest BCUT2D eigenvalue weighted by Gasteiger charge is 2.21. The Morgan fingerprint density at radius 3 is 2.41 bits per heavy atom. The maximum absolute atomic E-state index is 12.7. The van der Waals surface area contributed by atoms with Gasteiger partial charge in [-0.2, -0.15) is 0 Å². The van der Waals surface area contributed by atoms with Crippen LogP contribution in [0.2, 0.25) is 5.02 Å². The molecule has 0 saturated heterocycles. The summed E-state index contributed by atoms with van der Waals surface area (Å²) < 4.78 is 0. The summed E-state index contributed by atoms with van der Waals surface area (Å²) >= 11 is 5.83. The second-order valence-electron chi connectivity index (χ2n) is 4.99. The lowest BCUT2D eigenvalue weighted by Crippen LogP contribution is -2.05. The molecule has 4 nitrogen and oxygen atoms in total. The van der Waals surface area contributed by atoms with Crippen molar-refractivity contribution in [1.29, 1.82) is 0 Å². The topological polar surface area (TPSA) is 70.2 Å². The molecule has 0 radical (unpaired) electrons. The molecule has 0 aliphatic rings. The van der Waals surface area contributed by atoms with Crippen LogP contribution in [0.25, 0.3) is 10.9 Å². The van der Waals surface area contributed by atoms with E-state index in [4.69, 9.17) is 11.6 Å². The Morgan fingerprint density at radius 2 is 1.77 bits per heavy atom. The molecule has 0 saturated carbocycles. The highest BCUT2D eigenvalue weighted by Crippen LogP contribution is 2.28. The Labute approximate surface area is 131 Å². The van der Waals surface area contributed by atoms with E-state index in [0.717, 1.165) is 0 Å². The number of aromatic amines is 1. The molecule has 0 amide bonds. The zero-order chi connectivity index (χ0) is 15.9. The minimum Gasteiger partial charge on any atom is -0.478 e. The minimum absolute atomic E-state index is 0.132. The maximum Gasteiger partial charge on any atom is 0.338 e. The Balaban J connectivity index is 2.24. The number of carboxylic acids is 1. The van der Waals surface area contributed by atoms with Crippen molar-refractivity contribution >= 4 is 34.3 Å². The lowest BCUT2D eigenvalue weighted by Gasteiger charge is -2.05. The van der Waals surface area contributed by atoms with Crippen LogP contribution in [-0.2, 0) is 0 Å². The number of aromatic nitrogens is 1. The predicted octanol–water partition coefficient (Wildman–Crippen LogP) is 4.06. The van der Waals surface area contributed by atoms with Crippen molar-refractivity contribution in [1.82, 2.24) is 4.98 Å². The number of rotatable bonds is 3. The summed E-state index contributed by atoms with van der Waals surface area (Å²) in [6, 6.07) is 11.6. The molecule has 0 fully saturated rings. The number of ketones is 1. The standard InChI is InChI=1S/C17H12ClNO3/c1-9-14(17(21)22)15-12(3-2-4-13(15)19-9)16(20)10-5-7-11(18)8-6-10/h2-8,19H,1H3,(H,21,22). The van der Waals surface area contributed by atoms with Crippen LogP contribution in [0.5, 0.6) is 0 Å². The predicted molar refractivity (Wildman–Crippen MR) is 84.9 cm³/mol. The SMILES string of the molecule is Cc1[nH]c2cccc(C(=O)c3ccc(Cl)cc3)c2c1C(=O)O. The summed E-state index contributed by atoms with van der Waals surface area (Å²) in [4.78, 5) is 27.2. The summed E-state index contributed by atoms with van der Waals surface area (Å²) in [5, 5.41) is 10.4. The molecule has 2 N–H and O–H groups in total. The fourth-order valence-electron chi connectivity index (χ4n) is 2.59. The van der Waals surface area contributed by atoms with Crippen LogP contribution in [0.4, 0.5) is 0 Å². The van der Waals surface area contributed by atoms with E-state index in [-0.39, 0.29) is 11.3 Å². The molecule has 0 aliphatic heterocycles. The number of H-pyrrole nitrogens is 1. The lowest BCUT2D eigenvalue weighted by atomic mass is 9.97. The molecular weight excluding hydrogens is 302 g/mol. The number of benzene rings is 2. The van der Waals surface area contributed by atoms with Gasteiger partial charge in [0.25, 0.3) is 0 Å². The molecule has 110 valence electrons. The molecule has 1 aromatic heterocycles. The van der Waals surface area contributed by atoms with E-state index in [9.17, 15) is 14.7 Å². The quantitative estimate of drug-likeness (QED) is 0.716. The van der Waals surface area contributed by atoms with Crippen LogP contribution in [0, 0.1) is 6.92 Å². The number of carboxylic acid groups (broad SMARTS) is 1. The van der Waals surface area contributed by atoms with Crippen molar-refractivity contribution in [2.45, 2.75) is 6.92 Å². The first-order valence-corrected chi connectivity index (χ1v) is 7.01. The largest absolute Gasteiger partial charge is 0.478 e. The zero-order valence-corrected chi connectivity index (χ0v) is 12.4. The molecule has 0 unspecified atom stereocenters. The van der Waals surface area contributed by atoms with Crippen molar-refractivity contribution in [2.24, 2.45) is 0 Å². The van der Waals surface area contributed by atoms with E-state index >= 15 is 0 Å². The third kappa shape index (κ3) is 2.27. The summed E-state index contributed by atoms with van der Waals surface area (Å²) in [5.74, 6) is -1.29. The second kappa shape index (κ2) is 5.31. The molecular formula is C17H12ClNO3. The number of hydrogen-bond acceptors (Lipinski definition) is 2. The summed E-state index contributed by atoms with van der Waals surface area (Å²) in [7, 11) is 0. The monoisotopic (exact) mass is 313 g/mol. The van der Waals surface area contributed by atoms with Gasteiger partial charge in [-0.25, -0.2) is 4.79 Å². The van der Waals surface area contributed by atoms with Crippen molar-refractivity contribution in [3.63, 3.8) is 0 Å². The molecule has 22 heavy (non-hydrogen) atoms. The Bertz CT molecular complexity index is 894. The second-order valence-corrected chi connectivity index (χ2v) is 5.43. The van der Waals surface area contributed by atoms with Crippen molar-refractivity contribution in [2.75, 3.05) is 0 Å². The van der Waals surface area contributed by atoms with Gasteiger partial charge in [0.15, 0.2) is 5.78 Å². The first kappa shape index (κ1) is 14.4. The van der Waals surface area contributed by atoms with Crippen LogP contribution in [-0.4, -0.2) is 21.8 Å². The number of aromatic carboxylic acids is 1. The van der Waals surface area contributed by atoms with Gasteiger partial charge < -0.3 is 10.1 Å². The number of aryl methyl sites for hydroxylation is 1. The molecule has 0 spiro atoms. The van der Waals surface area contributed by atoms with Gasteiger partial charge in [-0.1, -0.05) is 23.7 Å². The van der Waals surface area contributed by atoms with Gasteiger partial charge in [-0.3, -0.25) is 4.79 Å². The van der Waals surface area contributed by atoms with E-state index in [1.54, 1.807) is 49.4 Å². The average molecular weight is 314 g/mol. The van der Waals surface area contributed by atoms with Crippen molar-refractivity contribution in [3.8, 4) is 0 Å². The number of carbonyl (C=O) groups excluding carboxylic acids is 1. The highest BCUT2D eigenvalue weighted by atomic mass is 35.5. The Hall–Kier alpha value is -2.59. The fourth-order valence-corrected chi connectivity index (χ4v) is 2.72. The number of fused-ring (bicyclic) bond motifs is 1. The molecule has 0 bridgehead atoms. The summed E-state index contributed by atoms with van der Waals surface area (Å²) in [6.07, 6.45) is 0. The normalized spacial score (nSPS) is 10.8. The van der Waals surface area contributed by atoms with Crippen LogP contribution in [0.3, 0.4) is 0 Å². The van der Waals surface area contributed by atoms with Crippen LogP contribution in [0.1, 0.15) is 32.0 Å². The molecule has 0 aliphatic carbocycles. The maximum atomic E-state index is 12.7. The first-order valence-electron chi connectivity index (χ1n) is 6.64. The number of halogens is 1. The molecule has 3 aromatic rings. The van der Waals surface area contributed by atoms with Crippen LogP contribution >= 0.6 is 11.6 Å². The Morgan fingerprint density at radius 1 is 1.09 bits per heavy atom. The van der Waals surface area contributed by atoms with E-state index in [0.29, 0.717) is 32.7 Å². The highest BCUT2D eigenvalue weighted by molar-refractivity contribution is 6.30. The van der Waals surface area contributed by atoms with Gasteiger partial charge in [0.05, 0.1) is 5.56 Å². The van der Waals surface area contributed by atoms with Gasteiger partial charge in [0.1, 0.15) is 0 Å². The van der Waals surface area contributed by atoms with Gasteiger partial charge in [0, 0.05) is 32.7 Å². The minimum atomic E-state index is -1.06. The van der Waals surface area contributed by atoms with Crippen molar-refractivity contribution in [3.05, 3.63) is 69.9 Å². The van der Waals surface area contributed by atoms with E-state index in [2.05, 4.69) is 4.98 Å². The fraction of sp³-hybridized carbons (Fsp3) is 0.0588. The van der Waals surface area contributed by atoms with Gasteiger partial charge in [-0.15, -0.1) is 0 Å². The van der Waals surface area contributed by atoms with E-state index in [1.165, 1.54) is 0 Å². The van der Waals surface area contributed by atoms with Crippen LogP contribution < -0.4 is 0 Å². The van der Waals surface area contributed by atoms with Crippen molar-refractivity contribution < 1.29 is 14.7 Å².